The van der Waals surface area contributed by atoms with E-state index >= 15 is 0 Å². The number of halogens is 1. The van der Waals surface area contributed by atoms with Gasteiger partial charge >= 0.3 is 0 Å². The molecule has 2 N–H and O–H groups in total. The number of nitrogens with zero attached hydrogens (tertiary/aromatic N) is 4. The maximum Gasteiger partial charge on any atom is 0.271 e. The van der Waals surface area contributed by atoms with Gasteiger partial charge in [-0.1, -0.05) is 24.0 Å². The van der Waals surface area contributed by atoms with Gasteiger partial charge in [0.15, 0.2) is 0 Å². The second-order valence-electron chi connectivity index (χ2n) is 7.65. The van der Waals surface area contributed by atoms with E-state index in [0.717, 1.165) is 25.7 Å². The van der Waals surface area contributed by atoms with Crippen molar-refractivity contribution in [1.82, 2.24) is 9.55 Å². The zero-order chi connectivity index (χ0) is 20.5. The van der Waals surface area contributed by atoms with Gasteiger partial charge in [-0.15, -0.1) is 0 Å². The average molecular weight is 391 g/mol. The van der Waals surface area contributed by atoms with Gasteiger partial charge in [0.05, 0.1) is 12.3 Å². The lowest BCUT2D eigenvalue weighted by Gasteiger charge is -2.32. The minimum atomic E-state index is -0.633. The SMILES string of the molecule is [C-]#[N+]c1ccc(-c2nc(N3CCC(N)CC3)n(C)c(=O)c2C#CC2CC2)cc1F. The van der Waals surface area contributed by atoms with Crippen LogP contribution in [0.15, 0.2) is 23.0 Å². The average Bonchev–Trinajstić information content (AvgIpc) is 3.54. The van der Waals surface area contributed by atoms with Crippen molar-refractivity contribution in [3.05, 3.63) is 51.4 Å². The third kappa shape index (κ3) is 3.87. The summed E-state index contributed by atoms with van der Waals surface area (Å²) in [5, 5.41) is 0. The first-order valence-corrected chi connectivity index (χ1v) is 9.78. The van der Waals surface area contributed by atoms with Crippen molar-refractivity contribution in [2.75, 3.05) is 18.0 Å². The summed E-state index contributed by atoms with van der Waals surface area (Å²) < 4.78 is 15.8. The Morgan fingerprint density at radius 2 is 2.00 bits per heavy atom. The normalized spacial score (nSPS) is 16.8. The van der Waals surface area contributed by atoms with Gasteiger partial charge in [-0.3, -0.25) is 9.36 Å². The van der Waals surface area contributed by atoms with Crippen LogP contribution in [0.2, 0.25) is 0 Å². The van der Waals surface area contributed by atoms with Crippen LogP contribution in [-0.2, 0) is 7.05 Å². The predicted molar refractivity (Wildman–Crippen MR) is 110 cm³/mol. The number of anilines is 1. The lowest BCUT2D eigenvalue weighted by atomic mass is 10.1. The van der Waals surface area contributed by atoms with E-state index in [1.807, 2.05) is 4.90 Å². The highest BCUT2D eigenvalue weighted by molar-refractivity contribution is 5.70. The van der Waals surface area contributed by atoms with Crippen LogP contribution in [0.1, 0.15) is 31.2 Å². The van der Waals surface area contributed by atoms with Crippen molar-refractivity contribution in [1.29, 1.82) is 0 Å². The van der Waals surface area contributed by atoms with Gasteiger partial charge in [-0.25, -0.2) is 14.2 Å². The number of nitrogens with two attached hydrogens (primary N) is 1. The zero-order valence-electron chi connectivity index (χ0n) is 16.3. The van der Waals surface area contributed by atoms with Crippen molar-refractivity contribution in [2.45, 2.75) is 31.7 Å². The standard InChI is InChI=1S/C22H22FN5O/c1-25-19-8-6-15(13-18(19)23)20-17(7-5-14-3-4-14)21(29)27(2)22(26-20)28-11-9-16(24)10-12-28/h6,8,13-14,16H,3-4,9-12,24H2,2H3. The Morgan fingerprint density at radius 1 is 1.28 bits per heavy atom. The van der Waals surface area contributed by atoms with Gasteiger partial charge in [0.25, 0.3) is 5.56 Å². The molecule has 0 radical (unpaired) electrons. The number of benzene rings is 1. The van der Waals surface area contributed by atoms with E-state index in [4.69, 9.17) is 17.3 Å². The molecule has 2 aromatic rings. The Morgan fingerprint density at radius 3 is 2.62 bits per heavy atom. The zero-order valence-corrected chi connectivity index (χ0v) is 16.3. The highest BCUT2D eigenvalue weighted by Gasteiger charge is 2.24. The van der Waals surface area contributed by atoms with Crippen molar-refractivity contribution >= 4 is 11.6 Å². The molecule has 0 atom stereocenters. The molecule has 1 aliphatic carbocycles. The molecule has 0 spiro atoms. The molecule has 1 saturated heterocycles. The maximum atomic E-state index is 14.3. The fourth-order valence-electron chi connectivity index (χ4n) is 3.44. The first-order chi connectivity index (χ1) is 14.0. The lowest BCUT2D eigenvalue weighted by molar-refractivity contribution is 0.490. The van der Waals surface area contributed by atoms with E-state index in [1.165, 1.54) is 16.7 Å². The van der Waals surface area contributed by atoms with Crippen LogP contribution in [0.4, 0.5) is 16.0 Å². The topological polar surface area (TPSA) is 68.5 Å². The van der Waals surface area contributed by atoms with Crippen LogP contribution in [0.3, 0.4) is 0 Å². The molecule has 0 amide bonds. The fraction of sp³-hybridized carbons (Fsp3) is 0.409. The summed E-state index contributed by atoms with van der Waals surface area (Å²) in [4.78, 5) is 23.1. The van der Waals surface area contributed by atoms with Crippen LogP contribution in [0.5, 0.6) is 0 Å². The highest BCUT2D eigenvalue weighted by Crippen LogP contribution is 2.30. The second kappa shape index (κ2) is 7.69. The molecule has 4 rings (SSSR count). The van der Waals surface area contributed by atoms with E-state index in [0.29, 0.717) is 36.2 Å². The van der Waals surface area contributed by atoms with Crippen LogP contribution < -0.4 is 16.2 Å². The molecular formula is C22H22FN5O. The summed E-state index contributed by atoms with van der Waals surface area (Å²) in [5.74, 6) is 6.33. The number of piperidine rings is 1. The van der Waals surface area contributed by atoms with E-state index in [9.17, 15) is 9.18 Å². The van der Waals surface area contributed by atoms with E-state index in [1.54, 1.807) is 13.1 Å². The van der Waals surface area contributed by atoms with Gasteiger partial charge in [0, 0.05) is 37.7 Å². The van der Waals surface area contributed by atoms with Crippen LogP contribution in [-0.4, -0.2) is 28.7 Å². The Balaban J connectivity index is 1.86. The van der Waals surface area contributed by atoms with Crippen molar-refractivity contribution in [3.63, 3.8) is 0 Å². The maximum absolute atomic E-state index is 14.3. The second-order valence-corrected chi connectivity index (χ2v) is 7.65. The molecule has 29 heavy (non-hydrogen) atoms. The Labute approximate surface area is 169 Å². The molecule has 7 heteroatoms. The van der Waals surface area contributed by atoms with E-state index in [-0.39, 0.29) is 22.9 Å². The van der Waals surface area contributed by atoms with Crippen LogP contribution in [0, 0.1) is 30.1 Å². The molecule has 6 nitrogen and oxygen atoms in total. The molecule has 148 valence electrons. The van der Waals surface area contributed by atoms with Gasteiger partial charge in [0.2, 0.25) is 11.6 Å². The van der Waals surface area contributed by atoms with E-state index in [2.05, 4.69) is 16.7 Å². The summed E-state index contributed by atoms with van der Waals surface area (Å²) >= 11 is 0. The first kappa shape index (κ1) is 19.2. The monoisotopic (exact) mass is 391 g/mol. The summed E-state index contributed by atoms with van der Waals surface area (Å²) in [7, 11) is 1.69. The number of hydrogen-bond acceptors (Lipinski definition) is 4. The van der Waals surface area contributed by atoms with Gasteiger partial charge < -0.3 is 10.6 Å². The Kier molecular flexibility index (Phi) is 5.08. The molecule has 1 aromatic carbocycles. The number of hydrogen-bond donors (Lipinski definition) is 1. The van der Waals surface area contributed by atoms with Crippen LogP contribution >= 0.6 is 0 Å². The van der Waals surface area contributed by atoms with Gasteiger partial charge in [-0.2, -0.15) is 0 Å². The smallest absolute Gasteiger partial charge is 0.271 e. The minimum absolute atomic E-state index is 0.0616. The summed E-state index contributed by atoms with van der Waals surface area (Å²) in [6.45, 7) is 8.46. The number of aromatic nitrogens is 2. The third-order valence-corrected chi connectivity index (χ3v) is 5.41. The quantitative estimate of drug-likeness (QED) is 0.631. The molecule has 1 aromatic heterocycles. The summed E-state index contributed by atoms with van der Waals surface area (Å²) in [6.07, 6.45) is 3.72. The molecule has 2 heterocycles. The Hall–Kier alpha value is -3.16. The predicted octanol–water partition coefficient (Wildman–Crippen LogP) is 2.83. The highest BCUT2D eigenvalue weighted by atomic mass is 19.1. The van der Waals surface area contributed by atoms with Gasteiger partial charge in [0.1, 0.15) is 11.4 Å². The molecule has 2 fully saturated rings. The lowest BCUT2D eigenvalue weighted by Crippen LogP contribution is -2.42. The van der Waals surface area contributed by atoms with Crippen LogP contribution in [0.25, 0.3) is 16.1 Å². The number of rotatable bonds is 2. The summed E-state index contributed by atoms with van der Waals surface area (Å²) in [5.41, 5.74) is 6.78. The van der Waals surface area contributed by atoms with Crippen molar-refractivity contribution < 1.29 is 4.39 Å². The molecule has 0 bridgehead atoms. The largest absolute Gasteiger partial charge is 0.342 e. The summed E-state index contributed by atoms with van der Waals surface area (Å²) in [6, 6.07) is 4.44. The van der Waals surface area contributed by atoms with Gasteiger partial charge in [-0.05, 0) is 31.7 Å². The minimum Gasteiger partial charge on any atom is -0.342 e. The Bertz CT molecular complexity index is 1110. The first-order valence-electron chi connectivity index (χ1n) is 9.78. The molecule has 1 aliphatic heterocycles. The fourth-order valence-corrected chi connectivity index (χ4v) is 3.44. The molecule has 0 unspecified atom stereocenters. The third-order valence-electron chi connectivity index (χ3n) is 5.41. The molecular weight excluding hydrogens is 369 g/mol. The van der Waals surface area contributed by atoms with Crippen molar-refractivity contribution in [3.8, 4) is 23.1 Å². The van der Waals surface area contributed by atoms with Crippen molar-refractivity contribution in [2.24, 2.45) is 18.7 Å². The molecule has 1 saturated carbocycles. The molecule has 2 aliphatic rings. The van der Waals surface area contributed by atoms with E-state index < -0.39 is 5.82 Å².